The van der Waals surface area contributed by atoms with E-state index in [9.17, 15) is 14.4 Å². The Morgan fingerprint density at radius 1 is 1.08 bits per heavy atom. The van der Waals surface area contributed by atoms with E-state index in [0.717, 1.165) is 30.6 Å². The Morgan fingerprint density at radius 2 is 1.78 bits per heavy atom. The van der Waals surface area contributed by atoms with Crippen LogP contribution < -0.4 is 10.1 Å². The summed E-state index contributed by atoms with van der Waals surface area (Å²) in [4.78, 5) is 39.6. The minimum absolute atomic E-state index is 0.194. The molecule has 1 heterocycles. The van der Waals surface area contributed by atoms with Gasteiger partial charge in [0.2, 0.25) is 5.91 Å². The number of carbonyl (C=O) groups excluding carboxylic acids is 3. The van der Waals surface area contributed by atoms with Crippen molar-refractivity contribution in [3.05, 3.63) is 71.8 Å². The Morgan fingerprint density at radius 3 is 2.43 bits per heavy atom. The van der Waals surface area contributed by atoms with Crippen LogP contribution in [0.1, 0.15) is 30.4 Å². The first kappa shape index (κ1) is 28.3. The van der Waals surface area contributed by atoms with E-state index >= 15 is 0 Å². The molecule has 0 saturated carbocycles. The third-order valence-electron chi connectivity index (χ3n) is 6.43. The molecule has 2 aromatic rings. The second kappa shape index (κ2) is 15.1. The van der Waals surface area contributed by atoms with Crippen molar-refractivity contribution in [3.8, 4) is 5.75 Å². The van der Waals surface area contributed by atoms with Crippen LogP contribution in [-0.2, 0) is 25.5 Å². The SMILES string of the molecule is COc1ccc(/C=C/C(=O)NC(CCSC)C(=O)OCC(=O)N2CCC(Cc3ccccc3)CC2)cc1. The number of amides is 2. The summed E-state index contributed by atoms with van der Waals surface area (Å²) >= 11 is 1.57. The smallest absolute Gasteiger partial charge is 0.329 e. The summed E-state index contributed by atoms with van der Waals surface area (Å²) in [5.74, 6) is 0.767. The lowest BCUT2D eigenvalue weighted by Crippen LogP contribution is -2.44. The van der Waals surface area contributed by atoms with Crippen LogP contribution in [0.2, 0.25) is 0 Å². The lowest BCUT2D eigenvalue weighted by atomic mass is 9.90. The van der Waals surface area contributed by atoms with E-state index in [1.54, 1.807) is 42.0 Å². The number of piperidine rings is 1. The molecule has 2 aromatic carbocycles. The van der Waals surface area contributed by atoms with E-state index in [-0.39, 0.29) is 12.5 Å². The fourth-order valence-corrected chi connectivity index (χ4v) is 4.72. The van der Waals surface area contributed by atoms with Crippen molar-refractivity contribution in [3.63, 3.8) is 0 Å². The topological polar surface area (TPSA) is 84.9 Å². The first-order chi connectivity index (χ1) is 18.0. The Hall–Kier alpha value is -3.26. The van der Waals surface area contributed by atoms with Gasteiger partial charge < -0.3 is 19.7 Å². The molecule has 0 radical (unpaired) electrons. The summed E-state index contributed by atoms with van der Waals surface area (Å²) in [5, 5.41) is 2.71. The molecule has 3 rings (SSSR count). The van der Waals surface area contributed by atoms with E-state index in [0.29, 0.717) is 31.2 Å². The molecule has 1 saturated heterocycles. The van der Waals surface area contributed by atoms with Crippen molar-refractivity contribution in [1.29, 1.82) is 0 Å². The largest absolute Gasteiger partial charge is 0.497 e. The second-order valence-corrected chi connectivity index (χ2v) is 10.1. The number of esters is 1. The van der Waals surface area contributed by atoms with Gasteiger partial charge in [0.05, 0.1) is 7.11 Å². The molecule has 37 heavy (non-hydrogen) atoms. The maximum absolute atomic E-state index is 12.7. The summed E-state index contributed by atoms with van der Waals surface area (Å²) in [5.41, 5.74) is 2.15. The predicted molar refractivity (Wildman–Crippen MR) is 147 cm³/mol. The summed E-state index contributed by atoms with van der Waals surface area (Å²) in [6.45, 7) is 1.02. The van der Waals surface area contributed by atoms with Crippen LogP contribution in [0.3, 0.4) is 0 Å². The maximum Gasteiger partial charge on any atom is 0.329 e. The van der Waals surface area contributed by atoms with Gasteiger partial charge in [0.1, 0.15) is 11.8 Å². The molecule has 1 aliphatic heterocycles. The van der Waals surface area contributed by atoms with Gasteiger partial charge in [0.15, 0.2) is 6.61 Å². The normalized spacial score (nSPS) is 14.8. The van der Waals surface area contributed by atoms with E-state index < -0.39 is 17.9 Å². The van der Waals surface area contributed by atoms with Crippen LogP contribution in [-0.4, -0.2) is 67.5 Å². The van der Waals surface area contributed by atoms with Crippen molar-refractivity contribution in [2.75, 3.05) is 38.8 Å². The lowest BCUT2D eigenvalue weighted by Gasteiger charge is -2.32. The van der Waals surface area contributed by atoms with Crippen LogP contribution in [0, 0.1) is 5.92 Å². The van der Waals surface area contributed by atoms with Crippen molar-refractivity contribution in [2.24, 2.45) is 5.92 Å². The average molecular weight is 525 g/mol. The number of methoxy groups -OCH3 is 1. The number of nitrogens with zero attached hydrogens (tertiary/aromatic N) is 1. The van der Waals surface area contributed by atoms with E-state index in [1.165, 1.54) is 11.6 Å². The van der Waals surface area contributed by atoms with Crippen molar-refractivity contribution in [1.82, 2.24) is 10.2 Å². The summed E-state index contributed by atoms with van der Waals surface area (Å²) in [7, 11) is 1.59. The number of thioether (sulfide) groups is 1. The van der Waals surface area contributed by atoms with Gasteiger partial charge >= 0.3 is 5.97 Å². The monoisotopic (exact) mass is 524 g/mol. The highest BCUT2D eigenvalue weighted by Gasteiger charge is 2.26. The van der Waals surface area contributed by atoms with Crippen LogP contribution in [0.25, 0.3) is 6.08 Å². The number of likely N-dealkylation sites (tertiary alicyclic amines) is 1. The molecule has 0 aliphatic carbocycles. The Bertz CT molecular complexity index is 1030. The summed E-state index contributed by atoms with van der Waals surface area (Å²) < 4.78 is 10.5. The zero-order valence-corrected chi connectivity index (χ0v) is 22.4. The lowest BCUT2D eigenvalue weighted by molar-refractivity contribution is -0.154. The third kappa shape index (κ3) is 9.61. The van der Waals surface area contributed by atoms with Gasteiger partial charge in [0, 0.05) is 19.2 Å². The number of nitrogens with one attached hydrogen (secondary N) is 1. The zero-order chi connectivity index (χ0) is 26.5. The fraction of sp³-hybridized carbons (Fsp3) is 0.414. The van der Waals surface area contributed by atoms with Gasteiger partial charge in [-0.3, -0.25) is 9.59 Å². The highest BCUT2D eigenvalue weighted by atomic mass is 32.2. The van der Waals surface area contributed by atoms with Crippen LogP contribution in [0.5, 0.6) is 5.75 Å². The number of benzene rings is 2. The molecule has 2 amide bonds. The standard InChI is InChI=1S/C29H36N2O5S/c1-35-25-11-8-22(9-12-25)10-13-27(32)30-26(16-19-37-2)29(34)36-21-28(33)31-17-14-24(15-18-31)20-23-6-4-3-5-7-23/h3-13,24,26H,14-21H2,1-2H3,(H,30,32)/b13-10+. The molecular formula is C29H36N2O5S. The quantitative estimate of drug-likeness (QED) is 0.334. The highest BCUT2D eigenvalue weighted by Crippen LogP contribution is 2.22. The van der Waals surface area contributed by atoms with Crippen molar-refractivity contribution < 1.29 is 23.9 Å². The third-order valence-corrected chi connectivity index (χ3v) is 7.07. The summed E-state index contributed by atoms with van der Waals surface area (Å²) in [6, 6.07) is 16.8. The van der Waals surface area contributed by atoms with Gasteiger partial charge in [-0.25, -0.2) is 4.79 Å². The average Bonchev–Trinajstić information content (AvgIpc) is 2.93. The molecule has 0 bridgehead atoms. The second-order valence-electron chi connectivity index (χ2n) is 9.07. The Kier molecular flexibility index (Phi) is 11.6. The van der Waals surface area contributed by atoms with Crippen LogP contribution >= 0.6 is 11.8 Å². The molecule has 8 heteroatoms. The number of rotatable bonds is 12. The van der Waals surface area contributed by atoms with E-state index in [2.05, 4.69) is 29.6 Å². The minimum atomic E-state index is -0.815. The van der Waals surface area contributed by atoms with E-state index in [1.807, 2.05) is 24.5 Å². The van der Waals surface area contributed by atoms with Gasteiger partial charge in [-0.15, -0.1) is 0 Å². The van der Waals surface area contributed by atoms with Crippen molar-refractivity contribution in [2.45, 2.75) is 31.7 Å². The van der Waals surface area contributed by atoms with Gasteiger partial charge in [-0.1, -0.05) is 42.5 Å². The first-order valence-electron chi connectivity index (χ1n) is 12.6. The van der Waals surface area contributed by atoms with E-state index in [4.69, 9.17) is 9.47 Å². The molecule has 1 atom stereocenters. The van der Waals surface area contributed by atoms with Crippen molar-refractivity contribution >= 4 is 35.6 Å². The first-order valence-corrected chi connectivity index (χ1v) is 14.0. The predicted octanol–water partition coefficient (Wildman–Crippen LogP) is 3.97. The van der Waals surface area contributed by atoms with Gasteiger partial charge in [-0.05, 0) is 72.9 Å². The number of hydrogen-bond acceptors (Lipinski definition) is 6. The summed E-state index contributed by atoms with van der Waals surface area (Å²) in [6.07, 6.45) is 8.27. The molecule has 1 fully saturated rings. The molecule has 1 N–H and O–H groups in total. The minimum Gasteiger partial charge on any atom is -0.497 e. The molecule has 198 valence electrons. The van der Waals surface area contributed by atoms with Gasteiger partial charge in [0.25, 0.3) is 5.91 Å². The highest BCUT2D eigenvalue weighted by molar-refractivity contribution is 7.98. The molecular weight excluding hydrogens is 488 g/mol. The van der Waals surface area contributed by atoms with Gasteiger partial charge in [-0.2, -0.15) is 11.8 Å². The number of carbonyl (C=O) groups is 3. The van der Waals surface area contributed by atoms with Crippen LogP contribution in [0.15, 0.2) is 60.7 Å². The van der Waals surface area contributed by atoms with Crippen LogP contribution in [0.4, 0.5) is 0 Å². The fourth-order valence-electron chi connectivity index (χ4n) is 4.25. The number of ether oxygens (including phenoxy) is 2. The maximum atomic E-state index is 12.7. The molecule has 1 aliphatic rings. The molecule has 1 unspecified atom stereocenters. The molecule has 7 nitrogen and oxygen atoms in total. The number of hydrogen-bond donors (Lipinski definition) is 1. The zero-order valence-electron chi connectivity index (χ0n) is 21.6. The Balaban J connectivity index is 1.44. The Labute approximate surface area is 223 Å². The molecule has 0 aromatic heterocycles. The molecule has 0 spiro atoms.